The molecule has 2 aromatic rings. The number of rotatable bonds is 7. The van der Waals surface area contributed by atoms with Crippen molar-refractivity contribution in [3.63, 3.8) is 0 Å². The van der Waals surface area contributed by atoms with Gasteiger partial charge in [0, 0.05) is 43.4 Å². The van der Waals surface area contributed by atoms with E-state index in [1.165, 1.54) is 18.2 Å². The van der Waals surface area contributed by atoms with Crippen LogP contribution in [-0.4, -0.2) is 54.9 Å². The van der Waals surface area contributed by atoms with Crippen molar-refractivity contribution in [2.24, 2.45) is 7.05 Å². The van der Waals surface area contributed by atoms with Crippen molar-refractivity contribution in [3.8, 4) is 0 Å². The molecule has 0 amide bonds. The Kier molecular flexibility index (Phi) is 5.43. The van der Waals surface area contributed by atoms with Crippen LogP contribution in [0.2, 0.25) is 0 Å². The zero-order valence-electron chi connectivity index (χ0n) is 14.5. The SMILES string of the molecule is CN(C)C(CNc1ccc([N+](=O)[O-])c(S(C)(=O)=O)c1)c1cnn(C)c1. The summed E-state index contributed by atoms with van der Waals surface area (Å²) in [6.07, 6.45) is 4.63. The lowest BCUT2D eigenvalue weighted by atomic mass is 10.1. The van der Waals surface area contributed by atoms with E-state index in [0.717, 1.165) is 11.8 Å². The fourth-order valence-electron chi connectivity index (χ4n) is 2.50. The predicted octanol–water partition coefficient (Wildman–Crippen LogP) is 1.45. The van der Waals surface area contributed by atoms with Crippen LogP contribution in [0.5, 0.6) is 0 Å². The molecule has 0 fully saturated rings. The van der Waals surface area contributed by atoms with Gasteiger partial charge in [-0.1, -0.05) is 0 Å². The van der Waals surface area contributed by atoms with E-state index in [4.69, 9.17) is 0 Å². The summed E-state index contributed by atoms with van der Waals surface area (Å²) in [6.45, 7) is 0.486. The molecular formula is C15H21N5O4S. The van der Waals surface area contributed by atoms with Gasteiger partial charge in [0.05, 0.1) is 17.2 Å². The summed E-state index contributed by atoms with van der Waals surface area (Å²) in [6, 6.07) is 4.00. The van der Waals surface area contributed by atoms with Gasteiger partial charge < -0.3 is 10.2 Å². The second kappa shape index (κ2) is 7.19. The van der Waals surface area contributed by atoms with E-state index >= 15 is 0 Å². The number of sulfone groups is 1. The molecule has 1 atom stereocenters. The van der Waals surface area contributed by atoms with Crippen molar-refractivity contribution in [2.45, 2.75) is 10.9 Å². The first-order chi connectivity index (χ1) is 11.6. The van der Waals surface area contributed by atoms with Crippen LogP contribution in [0, 0.1) is 10.1 Å². The van der Waals surface area contributed by atoms with Gasteiger partial charge in [-0.05, 0) is 26.2 Å². The van der Waals surface area contributed by atoms with Crippen molar-refractivity contribution in [3.05, 3.63) is 46.3 Å². The lowest BCUT2D eigenvalue weighted by Gasteiger charge is -2.24. The molecule has 136 valence electrons. The average molecular weight is 367 g/mol. The van der Waals surface area contributed by atoms with Crippen LogP contribution in [0.15, 0.2) is 35.5 Å². The normalized spacial score (nSPS) is 13.0. The van der Waals surface area contributed by atoms with Gasteiger partial charge >= 0.3 is 0 Å². The zero-order valence-corrected chi connectivity index (χ0v) is 15.3. The summed E-state index contributed by atoms with van der Waals surface area (Å²) in [5.41, 5.74) is 1.08. The Bertz CT molecular complexity index is 876. The van der Waals surface area contributed by atoms with Gasteiger partial charge in [0.1, 0.15) is 4.90 Å². The lowest BCUT2D eigenvalue weighted by Crippen LogP contribution is -2.26. The molecule has 0 saturated heterocycles. The third kappa shape index (κ3) is 4.54. The van der Waals surface area contributed by atoms with Crippen molar-refractivity contribution in [1.29, 1.82) is 0 Å². The van der Waals surface area contributed by atoms with Crippen molar-refractivity contribution >= 4 is 21.2 Å². The molecule has 25 heavy (non-hydrogen) atoms. The summed E-state index contributed by atoms with van der Waals surface area (Å²) in [7, 11) is 1.98. The fraction of sp³-hybridized carbons (Fsp3) is 0.400. The highest BCUT2D eigenvalue weighted by molar-refractivity contribution is 7.90. The van der Waals surface area contributed by atoms with Crippen LogP contribution in [0.4, 0.5) is 11.4 Å². The highest BCUT2D eigenvalue weighted by Gasteiger charge is 2.23. The van der Waals surface area contributed by atoms with Crippen LogP contribution in [-0.2, 0) is 16.9 Å². The predicted molar refractivity (Wildman–Crippen MR) is 94.3 cm³/mol. The third-order valence-electron chi connectivity index (χ3n) is 3.79. The number of nitrogens with zero attached hydrogens (tertiary/aromatic N) is 4. The molecule has 0 bridgehead atoms. The van der Waals surface area contributed by atoms with E-state index in [-0.39, 0.29) is 10.9 Å². The number of hydrogen-bond donors (Lipinski definition) is 1. The molecule has 9 nitrogen and oxygen atoms in total. The summed E-state index contributed by atoms with van der Waals surface area (Å²) in [4.78, 5) is 12.0. The molecule has 1 aromatic carbocycles. The van der Waals surface area contributed by atoms with Crippen LogP contribution in [0.25, 0.3) is 0 Å². The highest BCUT2D eigenvalue weighted by Crippen LogP contribution is 2.27. The number of nitro groups is 1. The largest absolute Gasteiger partial charge is 0.383 e. The van der Waals surface area contributed by atoms with Gasteiger partial charge in [-0.15, -0.1) is 0 Å². The number of benzene rings is 1. The van der Waals surface area contributed by atoms with E-state index in [2.05, 4.69) is 10.4 Å². The molecular weight excluding hydrogens is 346 g/mol. The highest BCUT2D eigenvalue weighted by atomic mass is 32.2. The first kappa shape index (κ1) is 18.9. The molecule has 0 aliphatic heterocycles. The number of hydrogen-bond acceptors (Lipinski definition) is 7. The maximum atomic E-state index is 11.8. The van der Waals surface area contributed by atoms with Crippen LogP contribution >= 0.6 is 0 Å². The minimum atomic E-state index is -3.71. The first-order valence-electron chi connectivity index (χ1n) is 7.47. The molecule has 0 aliphatic rings. The Morgan fingerprint density at radius 1 is 1.40 bits per heavy atom. The maximum absolute atomic E-state index is 11.8. The van der Waals surface area contributed by atoms with E-state index in [0.29, 0.717) is 12.2 Å². The second-order valence-corrected chi connectivity index (χ2v) is 8.00. The molecule has 1 heterocycles. The molecule has 0 aliphatic carbocycles. The topological polar surface area (TPSA) is 110 Å². The summed E-state index contributed by atoms with van der Waals surface area (Å²) in [5, 5.41) is 18.3. The van der Waals surface area contributed by atoms with Crippen molar-refractivity contribution in [1.82, 2.24) is 14.7 Å². The van der Waals surface area contributed by atoms with E-state index in [9.17, 15) is 18.5 Å². The number of likely N-dealkylation sites (N-methyl/N-ethyl adjacent to an activating group) is 1. The second-order valence-electron chi connectivity index (χ2n) is 6.02. The van der Waals surface area contributed by atoms with Gasteiger partial charge in [0.15, 0.2) is 9.84 Å². The minimum Gasteiger partial charge on any atom is -0.383 e. The number of aromatic nitrogens is 2. The maximum Gasteiger partial charge on any atom is 0.288 e. The fourth-order valence-corrected chi connectivity index (χ4v) is 3.36. The van der Waals surface area contributed by atoms with Gasteiger partial charge in [-0.2, -0.15) is 5.10 Å². The third-order valence-corrected chi connectivity index (χ3v) is 4.91. The summed E-state index contributed by atoms with van der Waals surface area (Å²) in [5.74, 6) is 0. The van der Waals surface area contributed by atoms with Crippen molar-refractivity contribution in [2.75, 3.05) is 32.2 Å². The van der Waals surface area contributed by atoms with Gasteiger partial charge in [-0.3, -0.25) is 14.8 Å². The average Bonchev–Trinajstić information content (AvgIpc) is 2.92. The van der Waals surface area contributed by atoms with Gasteiger partial charge in [-0.25, -0.2) is 8.42 Å². The van der Waals surface area contributed by atoms with Crippen molar-refractivity contribution < 1.29 is 13.3 Å². The molecule has 0 radical (unpaired) electrons. The monoisotopic (exact) mass is 367 g/mol. The standard InChI is InChI=1S/C15H21N5O4S/c1-18(2)14(11-8-17-19(3)10-11)9-16-12-5-6-13(20(21)22)15(7-12)25(4,23)24/h5-8,10,14,16H,9H2,1-4H3. The number of nitrogens with one attached hydrogen (secondary N) is 1. The smallest absolute Gasteiger partial charge is 0.288 e. The van der Waals surface area contributed by atoms with Crippen LogP contribution in [0.1, 0.15) is 11.6 Å². The zero-order chi connectivity index (χ0) is 18.8. The quantitative estimate of drug-likeness (QED) is 0.582. The number of aryl methyl sites for hydroxylation is 1. The Labute approximate surface area is 146 Å². The Morgan fingerprint density at radius 3 is 2.56 bits per heavy atom. The molecule has 0 saturated carbocycles. The van der Waals surface area contributed by atoms with Crippen LogP contribution < -0.4 is 5.32 Å². The number of anilines is 1. The Morgan fingerprint density at radius 2 is 2.08 bits per heavy atom. The Balaban J connectivity index is 2.26. The van der Waals surface area contributed by atoms with E-state index in [1.807, 2.05) is 32.2 Å². The molecule has 1 aromatic heterocycles. The minimum absolute atomic E-state index is 0.00516. The van der Waals surface area contributed by atoms with E-state index < -0.39 is 20.4 Å². The molecule has 1 unspecified atom stereocenters. The van der Waals surface area contributed by atoms with Gasteiger partial charge in [0.25, 0.3) is 5.69 Å². The number of nitro benzene ring substituents is 1. The Hall–Kier alpha value is -2.46. The summed E-state index contributed by atoms with van der Waals surface area (Å²) < 4.78 is 25.4. The molecule has 2 rings (SSSR count). The first-order valence-corrected chi connectivity index (χ1v) is 9.36. The lowest BCUT2D eigenvalue weighted by molar-refractivity contribution is -0.387. The van der Waals surface area contributed by atoms with Gasteiger partial charge in [0.2, 0.25) is 0 Å². The van der Waals surface area contributed by atoms with E-state index in [1.54, 1.807) is 10.9 Å². The molecule has 0 spiro atoms. The molecule has 1 N–H and O–H groups in total. The summed E-state index contributed by atoms with van der Waals surface area (Å²) >= 11 is 0. The molecule has 10 heteroatoms. The van der Waals surface area contributed by atoms with Crippen LogP contribution in [0.3, 0.4) is 0 Å².